The van der Waals surface area contributed by atoms with E-state index in [-0.39, 0.29) is 23.7 Å². The second-order valence-electron chi connectivity index (χ2n) is 5.17. The Kier molecular flexibility index (Phi) is 7.59. The van der Waals surface area contributed by atoms with Crippen LogP contribution in [0.4, 0.5) is 0 Å². The summed E-state index contributed by atoms with van der Waals surface area (Å²) in [5.74, 6) is -0.550. The van der Waals surface area contributed by atoms with Crippen molar-refractivity contribution in [3.63, 3.8) is 0 Å². The van der Waals surface area contributed by atoms with Crippen molar-refractivity contribution >= 4 is 11.9 Å². The number of methoxy groups -OCH3 is 1. The summed E-state index contributed by atoms with van der Waals surface area (Å²) < 4.78 is 4.69. The number of carbonyl (C=O) groups excluding carboxylic acids is 2. The molecule has 5 heteroatoms. The van der Waals surface area contributed by atoms with Gasteiger partial charge >= 0.3 is 5.97 Å². The zero-order chi connectivity index (χ0) is 14.3. The topological polar surface area (TPSA) is 49.9 Å². The van der Waals surface area contributed by atoms with E-state index in [1.165, 1.54) is 7.11 Å². The molecule has 1 amide bonds. The average Bonchev–Trinajstić information content (AvgIpc) is 2.31. The highest BCUT2D eigenvalue weighted by Crippen LogP contribution is 2.07. The van der Waals surface area contributed by atoms with Crippen molar-refractivity contribution in [1.82, 2.24) is 9.80 Å². The average molecular weight is 258 g/mol. The molecule has 0 aromatic carbocycles. The first-order valence-corrected chi connectivity index (χ1v) is 6.30. The van der Waals surface area contributed by atoms with Crippen LogP contribution >= 0.6 is 0 Å². The van der Waals surface area contributed by atoms with Gasteiger partial charge in [0.2, 0.25) is 5.91 Å². The van der Waals surface area contributed by atoms with Crippen molar-refractivity contribution in [2.75, 3.05) is 40.8 Å². The SMILES string of the molecule is COC(=O)C(C)CN(CCN(C)C)C(=O)C(C)C. The van der Waals surface area contributed by atoms with Crippen molar-refractivity contribution in [2.45, 2.75) is 20.8 Å². The molecule has 0 saturated carbocycles. The Morgan fingerprint density at radius 2 is 1.67 bits per heavy atom. The van der Waals surface area contributed by atoms with E-state index < -0.39 is 0 Å². The molecule has 0 N–H and O–H groups in total. The lowest BCUT2D eigenvalue weighted by Gasteiger charge is -2.28. The molecule has 0 heterocycles. The van der Waals surface area contributed by atoms with Crippen LogP contribution in [0.1, 0.15) is 20.8 Å². The van der Waals surface area contributed by atoms with E-state index in [9.17, 15) is 9.59 Å². The number of likely N-dealkylation sites (N-methyl/N-ethyl adjacent to an activating group) is 1. The van der Waals surface area contributed by atoms with Gasteiger partial charge in [-0.15, -0.1) is 0 Å². The van der Waals surface area contributed by atoms with E-state index in [0.29, 0.717) is 13.1 Å². The Hall–Kier alpha value is -1.10. The van der Waals surface area contributed by atoms with Crippen LogP contribution in [0.25, 0.3) is 0 Å². The summed E-state index contributed by atoms with van der Waals surface area (Å²) in [6.07, 6.45) is 0. The number of hydrogen-bond donors (Lipinski definition) is 0. The van der Waals surface area contributed by atoms with E-state index in [0.717, 1.165) is 6.54 Å². The fourth-order valence-corrected chi connectivity index (χ4v) is 1.58. The van der Waals surface area contributed by atoms with Gasteiger partial charge < -0.3 is 14.5 Å². The summed E-state index contributed by atoms with van der Waals surface area (Å²) in [7, 11) is 5.29. The molecule has 0 aliphatic rings. The molecule has 0 aromatic heterocycles. The normalized spacial score (nSPS) is 12.7. The minimum absolute atomic E-state index is 0.0583. The van der Waals surface area contributed by atoms with Crippen LogP contribution < -0.4 is 0 Å². The quantitative estimate of drug-likeness (QED) is 0.635. The molecule has 0 aromatic rings. The summed E-state index contributed by atoms with van der Waals surface area (Å²) >= 11 is 0. The van der Waals surface area contributed by atoms with Gasteiger partial charge in [-0.2, -0.15) is 0 Å². The van der Waals surface area contributed by atoms with Gasteiger partial charge in [-0.05, 0) is 14.1 Å². The summed E-state index contributed by atoms with van der Waals surface area (Å²) in [5, 5.41) is 0. The minimum Gasteiger partial charge on any atom is -0.469 e. The Morgan fingerprint density at radius 1 is 1.11 bits per heavy atom. The Labute approximate surface area is 110 Å². The monoisotopic (exact) mass is 258 g/mol. The largest absolute Gasteiger partial charge is 0.469 e. The highest BCUT2D eigenvalue weighted by molar-refractivity contribution is 5.79. The number of rotatable bonds is 7. The minimum atomic E-state index is -0.292. The zero-order valence-electron chi connectivity index (χ0n) is 12.4. The van der Waals surface area contributed by atoms with Crippen LogP contribution in [0, 0.1) is 11.8 Å². The molecular formula is C13H26N2O3. The summed E-state index contributed by atoms with van der Waals surface area (Å²) in [5.41, 5.74) is 0. The molecule has 0 spiro atoms. The third-order valence-corrected chi connectivity index (χ3v) is 2.72. The van der Waals surface area contributed by atoms with Crippen molar-refractivity contribution in [3.8, 4) is 0 Å². The van der Waals surface area contributed by atoms with Gasteiger partial charge in [0.15, 0.2) is 0 Å². The van der Waals surface area contributed by atoms with Crippen LogP contribution in [0.2, 0.25) is 0 Å². The third-order valence-electron chi connectivity index (χ3n) is 2.72. The third kappa shape index (κ3) is 6.00. The standard InChI is InChI=1S/C13H26N2O3/c1-10(2)12(16)15(8-7-14(4)5)9-11(3)13(17)18-6/h10-11H,7-9H2,1-6H3. The second-order valence-corrected chi connectivity index (χ2v) is 5.17. The van der Waals surface area contributed by atoms with Gasteiger partial charge in [-0.25, -0.2) is 0 Å². The first kappa shape index (κ1) is 16.9. The molecule has 0 radical (unpaired) electrons. The summed E-state index contributed by atoms with van der Waals surface area (Å²) in [6, 6.07) is 0. The molecule has 0 fully saturated rings. The van der Waals surface area contributed by atoms with Crippen LogP contribution in [0.15, 0.2) is 0 Å². The Bertz CT molecular complexity index is 277. The van der Waals surface area contributed by atoms with Gasteiger partial charge in [0.25, 0.3) is 0 Å². The lowest BCUT2D eigenvalue weighted by molar-refractivity contribution is -0.147. The van der Waals surface area contributed by atoms with Crippen LogP contribution in [0.5, 0.6) is 0 Å². The molecule has 0 saturated heterocycles. The van der Waals surface area contributed by atoms with Crippen molar-refractivity contribution in [3.05, 3.63) is 0 Å². The Balaban J connectivity index is 4.56. The number of carbonyl (C=O) groups is 2. The molecule has 0 bridgehead atoms. The molecule has 0 aliphatic heterocycles. The van der Waals surface area contributed by atoms with Gasteiger partial charge in [0, 0.05) is 25.6 Å². The molecule has 0 aliphatic carbocycles. The maximum Gasteiger partial charge on any atom is 0.310 e. The predicted octanol–water partition coefficient (Wildman–Crippen LogP) is 0.842. The van der Waals surface area contributed by atoms with Gasteiger partial charge in [0.05, 0.1) is 13.0 Å². The number of ether oxygens (including phenoxy) is 1. The van der Waals surface area contributed by atoms with Gasteiger partial charge in [-0.1, -0.05) is 20.8 Å². The second kappa shape index (κ2) is 8.08. The Morgan fingerprint density at radius 3 is 2.06 bits per heavy atom. The van der Waals surface area contributed by atoms with Gasteiger partial charge in [0.1, 0.15) is 0 Å². The van der Waals surface area contributed by atoms with E-state index >= 15 is 0 Å². The molecular weight excluding hydrogens is 232 g/mol. The summed E-state index contributed by atoms with van der Waals surface area (Å²) in [4.78, 5) is 27.2. The van der Waals surface area contributed by atoms with Crippen LogP contribution in [0.3, 0.4) is 0 Å². The highest BCUT2D eigenvalue weighted by Gasteiger charge is 2.22. The molecule has 18 heavy (non-hydrogen) atoms. The highest BCUT2D eigenvalue weighted by atomic mass is 16.5. The van der Waals surface area contributed by atoms with Crippen LogP contribution in [-0.2, 0) is 14.3 Å². The predicted molar refractivity (Wildman–Crippen MR) is 71.2 cm³/mol. The molecule has 1 atom stereocenters. The molecule has 1 unspecified atom stereocenters. The molecule has 106 valence electrons. The number of hydrogen-bond acceptors (Lipinski definition) is 4. The van der Waals surface area contributed by atoms with Crippen molar-refractivity contribution in [2.24, 2.45) is 11.8 Å². The van der Waals surface area contributed by atoms with Gasteiger partial charge in [-0.3, -0.25) is 9.59 Å². The number of nitrogens with zero attached hydrogens (tertiary/aromatic N) is 2. The van der Waals surface area contributed by atoms with Crippen LogP contribution in [-0.4, -0.2) is 62.5 Å². The number of amides is 1. The zero-order valence-corrected chi connectivity index (χ0v) is 12.4. The lowest BCUT2D eigenvalue weighted by Crippen LogP contribution is -2.42. The smallest absolute Gasteiger partial charge is 0.310 e. The fraction of sp³-hybridized carbons (Fsp3) is 0.846. The maximum absolute atomic E-state index is 12.1. The summed E-state index contributed by atoms with van der Waals surface area (Å²) in [6.45, 7) is 7.35. The first-order chi connectivity index (χ1) is 8.29. The van der Waals surface area contributed by atoms with E-state index in [1.807, 2.05) is 32.8 Å². The first-order valence-electron chi connectivity index (χ1n) is 6.30. The van der Waals surface area contributed by atoms with E-state index in [4.69, 9.17) is 4.74 Å². The fourth-order valence-electron chi connectivity index (χ4n) is 1.58. The molecule has 5 nitrogen and oxygen atoms in total. The number of esters is 1. The lowest BCUT2D eigenvalue weighted by atomic mass is 10.1. The molecule has 0 rings (SSSR count). The van der Waals surface area contributed by atoms with Crippen molar-refractivity contribution < 1.29 is 14.3 Å². The van der Waals surface area contributed by atoms with E-state index in [1.54, 1.807) is 11.8 Å². The maximum atomic E-state index is 12.1. The van der Waals surface area contributed by atoms with Crippen molar-refractivity contribution in [1.29, 1.82) is 0 Å². The van der Waals surface area contributed by atoms with E-state index in [2.05, 4.69) is 0 Å².